The third-order valence-electron chi connectivity index (χ3n) is 7.69. The molecule has 2 aromatic heterocycles. The molecule has 0 fully saturated rings. The number of nitrogens with zero attached hydrogens (tertiary/aromatic N) is 3. The lowest BCUT2D eigenvalue weighted by atomic mass is 9.85. The average Bonchev–Trinajstić information content (AvgIpc) is 3.40. The van der Waals surface area contributed by atoms with Crippen molar-refractivity contribution in [3.63, 3.8) is 0 Å². The van der Waals surface area contributed by atoms with Crippen LogP contribution in [0.1, 0.15) is 90.1 Å². The van der Waals surface area contributed by atoms with Gasteiger partial charge in [0.2, 0.25) is 0 Å². The Labute approximate surface area is 283 Å². The number of aryl methyl sites for hydroxylation is 1. The molecule has 256 valence electrons. The number of hydrogen-bond donors (Lipinski definition) is 5. The van der Waals surface area contributed by atoms with Crippen LogP contribution in [0.5, 0.6) is 0 Å². The zero-order valence-corrected chi connectivity index (χ0v) is 29.6. The molecule has 4 rings (SSSR count). The number of nitrogens with one attached hydrogen (secondary N) is 2. The second-order valence-corrected chi connectivity index (χ2v) is 14.6. The Morgan fingerprint density at radius 2 is 1.72 bits per heavy atom. The lowest BCUT2D eigenvalue weighted by Gasteiger charge is -2.21. The fourth-order valence-corrected chi connectivity index (χ4v) is 5.21. The number of fused-ring (bicyclic) bond motifs is 1. The molecule has 0 saturated heterocycles. The molecule has 0 bridgehead atoms. The van der Waals surface area contributed by atoms with E-state index in [0.717, 1.165) is 66.7 Å². The summed E-state index contributed by atoms with van der Waals surface area (Å²) in [5.74, 6) is -0.169. The summed E-state index contributed by atoms with van der Waals surface area (Å²) in [5.41, 5.74) is 21.1. The molecule has 47 heavy (non-hydrogen) atoms. The molecule has 0 saturated carbocycles. The highest BCUT2D eigenvalue weighted by atomic mass is 35.5. The van der Waals surface area contributed by atoms with Gasteiger partial charge in [-0.05, 0) is 85.5 Å². The lowest BCUT2D eigenvalue weighted by molar-refractivity contribution is 0.521. The number of aliphatic imine (C=N–C) groups is 1. The van der Waals surface area contributed by atoms with Crippen LogP contribution in [0, 0.1) is 5.82 Å². The molecule has 0 unspecified atom stereocenters. The third kappa shape index (κ3) is 11.5. The van der Waals surface area contributed by atoms with Gasteiger partial charge in [0, 0.05) is 41.8 Å². The van der Waals surface area contributed by atoms with E-state index in [1.165, 1.54) is 0 Å². The maximum Gasteiger partial charge on any atom is 0.354 e. The van der Waals surface area contributed by atoms with E-state index in [1.54, 1.807) is 10.6 Å². The van der Waals surface area contributed by atoms with Crippen molar-refractivity contribution in [2.24, 2.45) is 22.2 Å². The van der Waals surface area contributed by atoms with Gasteiger partial charge in [-0.1, -0.05) is 71.3 Å². The monoisotopic (exact) mass is 666 g/mol. The van der Waals surface area contributed by atoms with E-state index in [1.807, 2.05) is 64.2 Å². The summed E-state index contributed by atoms with van der Waals surface area (Å²) in [6, 6.07) is 13.8. The normalized spacial score (nSPS) is 12.5. The Balaban J connectivity index is 0.000000287. The van der Waals surface area contributed by atoms with Crippen LogP contribution in [-0.4, -0.2) is 39.6 Å². The van der Waals surface area contributed by atoms with Gasteiger partial charge < -0.3 is 27.5 Å². The summed E-state index contributed by atoms with van der Waals surface area (Å²) in [6.07, 6.45) is 5.57. The van der Waals surface area contributed by atoms with Crippen LogP contribution in [-0.2, 0) is 23.8 Å². The number of aromatic amines is 1. The van der Waals surface area contributed by atoms with Gasteiger partial charge in [-0.2, -0.15) is 4.98 Å². The molecule has 0 aliphatic rings. The SMILES string of the molecule is CC(C)(C)c1cc2cn(-c3ccc(CNCCCN=C(N)N)cc3)c(=O)nc2[nH]1.C[C@@H](N)CCCc1cc(Cl)c(F)c(C(C)(C)C)c1. The summed E-state index contributed by atoms with van der Waals surface area (Å²) in [6.45, 7) is 16.5. The van der Waals surface area contributed by atoms with Gasteiger partial charge in [0.25, 0.3) is 0 Å². The smallest absolute Gasteiger partial charge is 0.354 e. The molecule has 1 atom stereocenters. The number of aromatic nitrogens is 3. The van der Waals surface area contributed by atoms with E-state index in [-0.39, 0.29) is 39.4 Å². The fourth-order valence-electron chi connectivity index (χ4n) is 4.97. The molecule has 0 aliphatic heterocycles. The Morgan fingerprint density at radius 1 is 1.04 bits per heavy atom. The van der Waals surface area contributed by atoms with E-state index >= 15 is 0 Å². The zero-order valence-electron chi connectivity index (χ0n) is 28.9. The first kappa shape index (κ1) is 37.7. The van der Waals surface area contributed by atoms with Crippen molar-refractivity contribution in [2.75, 3.05) is 13.1 Å². The van der Waals surface area contributed by atoms with E-state index in [2.05, 4.69) is 47.1 Å². The summed E-state index contributed by atoms with van der Waals surface area (Å²) in [7, 11) is 0. The second-order valence-electron chi connectivity index (χ2n) is 14.2. The molecule has 0 amide bonds. The average molecular weight is 667 g/mol. The number of guanidine groups is 1. The highest BCUT2D eigenvalue weighted by Gasteiger charge is 2.21. The van der Waals surface area contributed by atoms with Crippen molar-refractivity contribution < 1.29 is 4.39 Å². The number of halogens is 2. The predicted octanol–water partition coefficient (Wildman–Crippen LogP) is 6.21. The van der Waals surface area contributed by atoms with Gasteiger partial charge in [-0.3, -0.25) is 9.56 Å². The number of hydrogen-bond acceptors (Lipinski definition) is 5. The Morgan fingerprint density at radius 3 is 2.32 bits per heavy atom. The van der Waals surface area contributed by atoms with Crippen LogP contribution >= 0.6 is 11.6 Å². The molecule has 11 heteroatoms. The molecule has 4 aromatic rings. The van der Waals surface area contributed by atoms with Gasteiger partial charge in [-0.25, -0.2) is 9.18 Å². The fraction of sp³-hybridized carbons (Fsp3) is 0.472. The van der Waals surface area contributed by atoms with Crippen molar-refractivity contribution >= 4 is 28.6 Å². The molecule has 2 aromatic carbocycles. The molecular weight excluding hydrogens is 615 g/mol. The van der Waals surface area contributed by atoms with Gasteiger partial charge in [-0.15, -0.1) is 0 Å². The van der Waals surface area contributed by atoms with E-state index < -0.39 is 0 Å². The Hall–Kier alpha value is -3.73. The maximum atomic E-state index is 14.0. The van der Waals surface area contributed by atoms with E-state index in [0.29, 0.717) is 17.8 Å². The largest absolute Gasteiger partial charge is 0.370 e. The summed E-state index contributed by atoms with van der Waals surface area (Å²) in [5, 5.41) is 4.49. The molecule has 9 nitrogen and oxygen atoms in total. The molecular formula is C36H52ClFN8O. The second kappa shape index (κ2) is 16.4. The number of benzene rings is 2. The first-order valence-corrected chi connectivity index (χ1v) is 16.6. The summed E-state index contributed by atoms with van der Waals surface area (Å²) >= 11 is 5.97. The quantitative estimate of drug-likeness (QED) is 0.0729. The van der Waals surface area contributed by atoms with Crippen molar-refractivity contribution in [1.29, 1.82) is 0 Å². The minimum absolute atomic E-state index is 0.0352. The van der Waals surface area contributed by atoms with Gasteiger partial charge in [0.05, 0.1) is 10.7 Å². The van der Waals surface area contributed by atoms with Gasteiger partial charge in [0.1, 0.15) is 11.5 Å². The van der Waals surface area contributed by atoms with Crippen LogP contribution in [0.25, 0.3) is 16.7 Å². The van der Waals surface area contributed by atoms with Gasteiger partial charge in [0.15, 0.2) is 5.96 Å². The summed E-state index contributed by atoms with van der Waals surface area (Å²) < 4.78 is 15.6. The standard InChI is InChI=1S/C21H29N7O.C15H23ClFN/c1-21(2,3)17-11-15-13-28(20(29)27-18(15)26-17)16-7-5-14(6-8-16)12-24-9-4-10-25-19(22)23;1-10(18)6-5-7-11-8-12(15(2,3)4)14(17)13(16)9-11/h5-8,11,13,24H,4,9-10,12H2,1-3H3,(H4,22,23,25)(H,26,27,29);8-10H,5-7,18H2,1-4H3/t;10-/m.1/s1. The number of nitrogens with two attached hydrogens (primary N) is 3. The van der Waals surface area contributed by atoms with Crippen molar-refractivity contribution in [1.82, 2.24) is 19.9 Å². The number of H-pyrrole nitrogens is 1. The topological polar surface area (TPSA) is 153 Å². The minimum Gasteiger partial charge on any atom is -0.370 e. The van der Waals surface area contributed by atoms with Crippen LogP contribution in [0.4, 0.5) is 4.39 Å². The van der Waals surface area contributed by atoms with Crippen molar-refractivity contribution in [3.05, 3.63) is 92.4 Å². The maximum absolute atomic E-state index is 14.0. The highest BCUT2D eigenvalue weighted by Crippen LogP contribution is 2.31. The van der Waals surface area contributed by atoms with Crippen LogP contribution in [0.3, 0.4) is 0 Å². The third-order valence-corrected chi connectivity index (χ3v) is 7.96. The molecule has 0 radical (unpaired) electrons. The molecule has 8 N–H and O–H groups in total. The minimum atomic E-state index is -0.301. The predicted molar refractivity (Wildman–Crippen MR) is 194 cm³/mol. The molecule has 0 spiro atoms. The first-order chi connectivity index (χ1) is 22.0. The lowest BCUT2D eigenvalue weighted by Crippen LogP contribution is -2.23. The highest BCUT2D eigenvalue weighted by molar-refractivity contribution is 6.30. The van der Waals surface area contributed by atoms with Crippen molar-refractivity contribution in [3.8, 4) is 5.69 Å². The van der Waals surface area contributed by atoms with E-state index in [9.17, 15) is 9.18 Å². The molecule has 0 aliphatic carbocycles. The zero-order chi connectivity index (χ0) is 34.9. The Kier molecular flexibility index (Phi) is 13.2. The van der Waals surface area contributed by atoms with Crippen LogP contribution < -0.4 is 28.2 Å². The first-order valence-electron chi connectivity index (χ1n) is 16.2. The number of rotatable bonds is 11. The Bertz CT molecular complexity index is 1690. The van der Waals surface area contributed by atoms with E-state index in [4.69, 9.17) is 28.8 Å². The molecule has 2 heterocycles. The van der Waals surface area contributed by atoms with Crippen LogP contribution in [0.15, 0.2) is 58.4 Å². The van der Waals surface area contributed by atoms with Gasteiger partial charge >= 0.3 is 5.69 Å². The summed E-state index contributed by atoms with van der Waals surface area (Å²) in [4.78, 5) is 23.9. The van der Waals surface area contributed by atoms with Crippen molar-refractivity contribution in [2.45, 2.75) is 97.6 Å². The van der Waals surface area contributed by atoms with Crippen LogP contribution in [0.2, 0.25) is 5.02 Å².